The summed E-state index contributed by atoms with van der Waals surface area (Å²) in [7, 11) is -3.95. The first-order chi connectivity index (χ1) is 14.4. The van der Waals surface area contributed by atoms with Crippen molar-refractivity contribution in [1.82, 2.24) is 14.8 Å². The van der Waals surface area contributed by atoms with Gasteiger partial charge in [-0.15, -0.1) is 0 Å². The first-order valence-corrected chi connectivity index (χ1v) is 12.1. The molecule has 30 heavy (non-hydrogen) atoms. The second-order valence-electron chi connectivity index (χ2n) is 7.92. The number of nitrogens with one attached hydrogen (secondary N) is 1. The van der Waals surface area contributed by atoms with Crippen LogP contribution in [0, 0.1) is 0 Å². The molecular formula is C20H32N4O5S. The number of amides is 1. The average molecular weight is 441 g/mol. The SMILES string of the molecule is CCCCCc1ccc(N2CCN(S(=O)(=O)C3(C(=O)NO)CCOCC3)CC2)nc1. The van der Waals surface area contributed by atoms with Crippen molar-refractivity contribution in [3.8, 4) is 0 Å². The third-order valence-electron chi connectivity index (χ3n) is 6.09. The highest BCUT2D eigenvalue weighted by molar-refractivity contribution is 7.91. The highest BCUT2D eigenvalue weighted by atomic mass is 32.2. The zero-order chi connectivity index (χ0) is 21.6. The number of carbonyl (C=O) groups is 1. The van der Waals surface area contributed by atoms with E-state index in [0.717, 1.165) is 18.7 Å². The van der Waals surface area contributed by atoms with Gasteiger partial charge in [0.15, 0.2) is 4.75 Å². The van der Waals surface area contributed by atoms with Crippen LogP contribution in [0.3, 0.4) is 0 Å². The lowest BCUT2D eigenvalue weighted by molar-refractivity contribution is -0.134. The molecule has 168 valence electrons. The number of hydrogen-bond donors (Lipinski definition) is 2. The van der Waals surface area contributed by atoms with E-state index in [1.807, 2.05) is 12.3 Å². The number of anilines is 1. The van der Waals surface area contributed by atoms with Crippen LogP contribution in [0.15, 0.2) is 18.3 Å². The molecule has 3 heterocycles. The molecule has 9 nitrogen and oxygen atoms in total. The number of aryl methyl sites for hydroxylation is 1. The van der Waals surface area contributed by atoms with E-state index in [0.29, 0.717) is 13.1 Å². The summed E-state index contributed by atoms with van der Waals surface area (Å²) >= 11 is 0. The first kappa shape index (κ1) is 22.9. The lowest BCUT2D eigenvalue weighted by atomic mass is 9.98. The van der Waals surface area contributed by atoms with E-state index in [9.17, 15) is 13.2 Å². The van der Waals surface area contributed by atoms with E-state index in [1.165, 1.54) is 22.7 Å². The number of piperazine rings is 1. The number of pyridine rings is 1. The smallest absolute Gasteiger partial charge is 0.266 e. The molecule has 0 radical (unpaired) electrons. The summed E-state index contributed by atoms with van der Waals surface area (Å²) in [6.45, 7) is 4.04. The molecule has 2 aliphatic heterocycles. The number of sulfonamides is 1. The second kappa shape index (κ2) is 10.0. The molecule has 1 amide bonds. The van der Waals surface area contributed by atoms with E-state index in [1.54, 1.807) is 5.48 Å². The molecule has 2 fully saturated rings. The molecule has 3 rings (SSSR count). The van der Waals surface area contributed by atoms with Gasteiger partial charge in [-0.3, -0.25) is 10.0 Å². The molecule has 1 aromatic heterocycles. The summed E-state index contributed by atoms with van der Waals surface area (Å²) in [5, 5.41) is 9.16. The Morgan fingerprint density at radius 2 is 1.90 bits per heavy atom. The topological polar surface area (TPSA) is 112 Å². The molecule has 0 aromatic carbocycles. The van der Waals surface area contributed by atoms with Crippen molar-refractivity contribution in [3.63, 3.8) is 0 Å². The maximum atomic E-state index is 13.3. The summed E-state index contributed by atoms with van der Waals surface area (Å²) in [6, 6.07) is 4.08. The Labute approximate surface area is 178 Å². The van der Waals surface area contributed by atoms with Gasteiger partial charge in [-0.1, -0.05) is 25.8 Å². The standard InChI is InChI=1S/C20H32N4O5S/c1-2-3-4-5-17-6-7-18(21-16-17)23-10-12-24(13-11-23)30(27,28)20(19(25)22-26)8-14-29-15-9-20/h6-7,16,26H,2-5,8-15H2,1H3,(H,22,25). The first-order valence-electron chi connectivity index (χ1n) is 10.7. The highest BCUT2D eigenvalue weighted by Crippen LogP contribution is 2.33. The van der Waals surface area contributed by atoms with Crippen molar-refractivity contribution >= 4 is 21.7 Å². The normalized spacial score (nSPS) is 20.1. The Hall–Kier alpha value is -1.75. The molecule has 10 heteroatoms. The molecule has 0 spiro atoms. The fraction of sp³-hybridized carbons (Fsp3) is 0.700. The van der Waals surface area contributed by atoms with Gasteiger partial charge in [-0.25, -0.2) is 18.9 Å². The quantitative estimate of drug-likeness (QED) is 0.356. The number of hydroxylamine groups is 1. The number of hydrogen-bond acceptors (Lipinski definition) is 7. The predicted octanol–water partition coefficient (Wildman–Crippen LogP) is 1.32. The number of nitrogens with zero attached hydrogens (tertiary/aromatic N) is 3. The van der Waals surface area contributed by atoms with E-state index in [-0.39, 0.29) is 39.1 Å². The predicted molar refractivity (Wildman–Crippen MR) is 113 cm³/mol. The van der Waals surface area contributed by atoms with Crippen molar-refractivity contribution in [2.45, 2.75) is 50.2 Å². The minimum absolute atomic E-state index is 0.0307. The summed E-state index contributed by atoms with van der Waals surface area (Å²) < 4.78 is 31.6. The van der Waals surface area contributed by atoms with Gasteiger partial charge in [0, 0.05) is 58.4 Å². The van der Waals surface area contributed by atoms with Crippen LogP contribution in [0.25, 0.3) is 0 Å². The molecule has 0 atom stereocenters. The van der Waals surface area contributed by atoms with Crippen molar-refractivity contribution in [2.75, 3.05) is 44.3 Å². The van der Waals surface area contributed by atoms with Crippen LogP contribution in [-0.2, 0) is 26.0 Å². The molecular weight excluding hydrogens is 408 g/mol. The van der Waals surface area contributed by atoms with Gasteiger partial charge in [0.2, 0.25) is 10.0 Å². The molecule has 0 aliphatic carbocycles. The summed E-state index contributed by atoms with van der Waals surface area (Å²) in [6.07, 6.45) is 6.53. The largest absolute Gasteiger partial charge is 0.381 e. The van der Waals surface area contributed by atoms with E-state index in [2.05, 4.69) is 22.9 Å². The van der Waals surface area contributed by atoms with Crippen molar-refractivity contribution in [3.05, 3.63) is 23.9 Å². The minimum atomic E-state index is -3.95. The maximum Gasteiger partial charge on any atom is 0.266 e. The van der Waals surface area contributed by atoms with Crippen LogP contribution in [0.4, 0.5) is 5.82 Å². The average Bonchev–Trinajstić information content (AvgIpc) is 2.79. The van der Waals surface area contributed by atoms with Crippen molar-refractivity contribution in [2.24, 2.45) is 0 Å². The summed E-state index contributed by atoms with van der Waals surface area (Å²) in [5.74, 6) is -0.0475. The monoisotopic (exact) mass is 440 g/mol. The number of aromatic nitrogens is 1. The molecule has 2 N–H and O–H groups in total. The second-order valence-corrected chi connectivity index (χ2v) is 10.2. The molecule has 0 unspecified atom stereocenters. The van der Waals surface area contributed by atoms with Gasteiger partial charge in [-0.2, -0.15) is 4.31 Å². The van der Waals surface area contributed by atoms with Crippen LogP contribution < -0.4 is 10.4 Å². The zero-order valence-corrected chi connectivity index (χ0v) is 18.4. The molecule has 0 saturated carbocycles. The van der Waals surface area contributed by atoms with Crippen molar-refractivity contribution in [1.29, 1.82) is 0 Å². The van der Waals surface area contributed by atoms with E-state index < -0.39 is 20.7 Å². The van der Waals surface area contributed by atoms with Gasteiger partial charge < -0.3 is 9.64 Å². The number of rotatable bonds is 8. The molecule has 1 aromatic rings. The van der Waals surface area contributed by atoms with Crippen LogP contribution >= 0.6 is 0 Å². The van der Waals surface area contributed by atoms with Gasteiger partial charge in [0.05, 0.1) is 0 Å². The lowest BCUT2D eigenvalue weighted by Gasteiger charge is -2.41. The molecule has 0 bridgehead atoms. The number of unbranched alkanes of at least 4 members (excludes halogenated alkanes) is 2. The van der Waals surface area contributed by atoms with Crippen LogP contribution in [0.2, 0.25) is 0 Å². The summed E-state index contributed by atoms with van der Waals surface area (Å²) in [5.41, 5.74) is 2.77. The number of ether oxygens (including phenoxy) is 1. The lowest BCUT2D eigenvalue weighted by Crippen LogP contribution is -2.62. The Balaban J connectivity index is 1.64. The van der Waals surface area contributed by atoms with Crippen LogP contribution in [0.5, 0.6) is 0 Å². The van der Waals surface area contributed by atoms with E-state index >= 15 is 0 Å². The van der Waals surface area contributed by atoms with Crippen LogP contribution in [-0.4, -0.2) is 73.0 Å². The Bertz CT molecular complexity index is 801. The maximum absolute atomic E-state index is 13.3. The minimum Gasteiger partial charge on any atom is -0.381 e. The van der Waals surface area contributed by atoms with Gasteiger partial charge in [0.25, 0.3) is 5.91 Å². The Morgan fingerprint density at radius 3 is 2.47 bits per heavy atom. The Kier molecular flexibility index (Phi) is 7.67. The van der Waals surface area contributed by atoms with Gasteiger partial charge in [-0.05, 0) is 24.5 Å². The fourth-order valence-corrected chi connectivity index (χ4v) is 6.24. The highest BCUT2D eigenvalue weighted by Gasteiger charge is 2.54. The Morgan fingerprint density at radius 1 is 1.20 bits per heavy atom. The van der Waals surface area contributed by atoms with Gasteiger partial charge >= 0.3 is 0 Å². The van der Waals surface area contributed by atoms with E-state index in [4.69, 9.17) is 9.94 Å². The van der Waals surface area contributed by atoms with Crippen LogP contribution in [0.1, 0.15) is 44.6 Å². The molecule has 2 saturated heterocycles. The molecule has 2 aliphatic rings. The fourth-order valence-electron chi connectivity index (χ4n) is 4.14. The third kappa shape index (κ3) is 4.61. The zero-order valence-electron chi connectivity index (χ0n) is 17.5. The third-order valence-corrected chi connectivity index (χ3v) is 8.72. The van der Waals surface area contributed by atoms with Gasteiger partial charge in [0.1, 0.15) is 5.82 Å². The number of carbonyl (C=O) groups excluding carboxylic acids is 1. The van der Waals surface area contributed by atoms with Crippen molar-refractivity contribution < 1.29 is 23.2 Å². The summed E-state index contributed by atoms with van der Waals surface area (Å²) in [4.78, 5) is 19.0.